The summed E-state index contributed by atoms with van der Waals surface area (Å²) in [5.74, 6) is 0.265. The van der Waals surface area contributed by atoms with Crippen LogP contribution in [0.1, 0.15) is 24.5 Å². The molecule has 0 spiro atoms. The highest BCUT2D eigenvalue weighted by molar-refractivity contribution is 7.90. The zero-order valence-electron chi connectivity index (χ0n) is 17.2. The molecule has 1 aliphatic rings. The molecule has 0 saturated heterocycles. The Morgan fingerprint density at radius 3 is 2.62 bits per heavy atom. The first-order valence-electron chi connectivity index (χ1n) is 10.4. The molecule has 8 heteroatoms. The average Bonchev–Trinajstić information content (AvgIpc) is 3.58. The first kappa shape index (κ1) is 20.7. The molecule has 1 aromatic heterocycles. The normalized spacial score (nSPS) is 15.0. The van der Waals surface area contributed by atoms with E-state index in [0.717, 1.165) is 16.5 Å². The number of nitrogens with zero attached hydrogens (tertiary/aromatic N) is 2. The van der Waals surface area contributed by atoms with E-state index in [1.807, 2.05) is 48.5 Å². The van der Waals surface area contributed by atoms with Crippen molar-refractivity contribution in [2.24, 2.45) is 0 Å². The van der Waals surface area contributed by atoms with Gasteiger partial charge in [0.05, 0.1) is 29.2 Å². The first-order valence-corrected chi connectivity index (χ1v) is 12.0. The molecule has 4 aromatic rings. The molecule has 0 bridgehead atoms. The van der Waals surface area contributed by atoms with Crippen molar-refractivity contribution in [3.05, 3.63) is 90.4 Å². The van der Waals surface area contributed by atoms with Gasteiger partial charge < -0.3 is 4.74 Å². The summed E-state index contributed by atoms with van der Waals surface area (Å²) in [5.41, 5.74) is 2.32. The summed E-state index contributed by atoms with van der Waals surface area (Å²) in [4.78, 5) is 0. The van der Waals surface area contributed by atoms with Crippen molar-refractivity contribution in [3.63, 3.8) is 0 Å². The van der Waals surface area contributed by atoms with Gasteiger partial charge in [-0.05, 0) is 54.8 Å². The summed E-state index contributed by atoms with van der Waals surface area (Å²) in [6.45, 7) is 0.142. The molecular weight excluding hydrogens is 429 g/mol. The highest BCUT2D eigenvalue weighted by atomic mass is 32.2. The van der Waals surface area contributed by atoms with Crippen molar-refractivity contribution >= 4 is 20.9 Å². The number of hydrogen-bond donors (Lipinski definition) is 1. The topological polar surface area (TPSA) is 73.2 Å². The molecule has 0 aliphatic heterocycles. The van der Waals surface area contributed by atoms with Crippen molar-refractivity contribution in [3.8, 4) is 11.4 Å². The molecule has 1 heterocycles. The monoisotopic (exact) mass is 451 g/mol. The van der Waals surface area contributed by atoms with Crippen LogP contribution in [0.3, 0.4) is 0 Å². The Hall–Kier alpha value is -3.23. The van der Waals surface area contributed by atoms with Crippen LogP contribution in [-0.2, 0) is 10.0 Å². The average molecular weight is 452 g/mol. The van der Waals surface area contributed by atoms with Gasteiger partial charge in [0.25, 0.3) is 0 Å². The van der Waals surface area contributed by atoms with Gasteiger partial charge >= 0.3 is 0 Å². The number of nitrogens with one attached hydrogen (secondary N) is 1. The highest BCUT2D eigenvalue weighted by Gasteiger charge is 2.36. The molecule has 5 rings (SSSR count). The van der Waals surface area contributed by atoms with Gasteiger partial charge in [0.1, 0.15) is 17.7 Å². The molecule has 3 aromatic carbocycles. The summed E-state index contributed by atoms with van der Waals surface area (Å²) in [6, 6.07) is 21.3. The minimum atomic E-state index is -3.32. The molecular formula is C24H22FN3O3S. The van der Waals surface area contributed by atoms with Gasteiger partial charge in [-0.25, -0.2) is 22.2 Å². The Kier molecular flexibility index (Phi) is 5.40. The second-order valence-corrected chi connectivity index (χ2v) is 9.91. The number of fused-ring (bicyclic) bond motifs is 1. The van der Waals surface area contributed by atoms with Crippen molar-refractivity contribution in [2.45, 2.75) is 24.2 Å². The highest BCUT2D eigenvalue weighted by Crippen LogP contribution is 2.29. The molecule has 164 valence electrons. The third kappa shape index (κ3) is 4.37. The molecule has 1 fully saturated rings. The number of hydrogen-bond acceptors (Lipinski definition) is 4. The van der Waals surface area contributed by atoms with E-state index in [0.29, 0.717) is 24.3 Å². The van der Waals surface area contributed by atoms with Gasteiger partial charge in [-0.1, -0.05) is 36.4 Å². The van der Waals surface area contributed by atoms with Gasteiger partial charge in [0.2, 0.25) is 10.0 Å². The molecule has 32 heavy (non-hydrogen) atoms. The van der Waals surface area contributed by atoms with Crippen molar-refractivity contribution in [2.75, 3.05) is 6.54 Å². The number of ether oxygens (including phenoxy) is 1. The Labute approximate surface area is 185 Å². The van der Waals surface area contributed by atoms with Crippen LogP contribution in [0.5, 0.6) is 5.75 Å². The number of rotatable bonds is 8. The fourth-order valence-corrected chi connectivity index (χ4v) is 5.02. The van der Waals surface area contributed by atoms with Crippen LogP contribution in [0.2, 0.25) is 0 Å². The van der Waals surface area contributed by atoms with E-state index >= 15 is 0 Å². The van der Waals surface area contributed by atoms with Crippen molar-refractivity contribution in [1.82, 2.24) is 14.5 Å². The van der Waals surface area contributed by atoms with Crippen LogP contribution in [0.25, 0.3) is 16.6 Å². The summed E-state index contributed by atoms with van der Waals surface area (Å²) < 4.78 is 48.8. The number of sulfonamides is 1. The fraction of sp³-hybridized carbons (Fsp3) is 0.208. The maximum absolute atomic E-state index is 13.6. The van der Waals surface area contributed by atoms with Crippen LogP contribution in [0.15, 0.2) is 79.0 Å². The molecule has 0 amide bonds. The Balaban J connectivity index is 1.41. The summed E-state index contributed by atoms with van der Waals surface area (Å²) in [6.07, 6.45) is 2.62. The maximum atomic E-state index is 13.6. The van der Waals surface area contributed by atoms with Crippen LogP contribution < -0.4 is 9.46 Å². The van der Waals surface area contributed by atoms with E-state index in [1.165, 1.54) is 12.1 Å². The molecule has 1 saturated carbocycles. The molecule has 1 atom stereocenters. The predicted octanol–water partition coefficient (Wildman–Crippen LogP) is 4.37. The summed E-state index contributed by atoms with van der Waals surface area (Å²) in [7, 11) is -3.32. The van der Waals surface area contributed by atoms with Gasteiger partial charge in [0, 0.05) is 5.39 Å². The summed E-state index contributed by atoms with van der Waals surface area (Å²) in [5, 5.41) is 4.93. The van der Waals surface area contributed by atoms with E-state index < -0.39 is 16.1 Å². The zero-order valence-corrected chi connectivity index (χ0v) is 18.0. The largest absolute Gasteiger partial charge is 0.484 e. The maximum Gasteiger partial charge on any atom is 0.214 e. The van der Waals surface area contributed by atoms with Crippen molar-refractivity contribution < 1.29 is 17.5 Å². The number of benzene rings is 3. The fourth-order valence-electron chi connectivity index (χ4n) is 3.65. The zero-order chi connectivity index (χ0) is 22.1. The smallest absolute Gasteiger partial charge is 0.214 e. The minimum absolute atomic E-state index is 0.142. The van der Waals surface area contributed by atoms with E-state index in [-0.39, 0.29) is 17.6 Å². The number of halogens is 1. The van der Waals surface area contributed by atoms with Crippen LogP contribution in [0, 0.1) is 5.82 Å². The lowest BCUT2D eigenvalue weighted by Crippen LogP contribution is -2.33. The molecule has 0 radical (unpaired) electrons. The van der Waals surface area contributed by atoms with E-state index in [9.17, 15) is 12.8 Å². The molecule has 1 N–H and O–H groups in total. The third-order valence-electron chi connectivity index (χ3n) is 5.48. The second kappa shape index (κ2) is 8.37. The van der Waals surface area contributed by atoms with E-state index in [1.54, 1.807) is 23.0 Å². The van der Waals surface area contributed by atoms with Gasteiger partial charge in [-0.3, -0.25) is 0 Å². The van der Waals surface area contributed by atoms with E-state index in [4.69, 9.17) is 4.74 Å². The molecule has 1 unspecified atom stereocenters. The van der Waals surface area contributed by atoms with Gasteiger partial charge in [-0.2, -0.15) is 5.10 Å². The van der Waals surface area contributed by atoms with Gasteiger partial charge in [-0.15, -0.1) is 0 Å². The van der Waals surface area contributed by atoms with Gasteiger partial charge in [0.15, 0.2) is 0 Å². The summed E-state index contributed by atoms with van der Waals surface area (Å²) >= 11 is 0. The lowest BCUT2D eigenvalue weighted by Gasteiger charge is -2.20. The van der Waals surface area contributed by atoms with E-state index in [2.05, 4.69) is 9.82 Å². The molecule has 1 aliphatic carbocycles. The molecule has 6 nitrogen and oxygen atoms in total. The van der Waals surface area contributed by atoms with Crippen LogP contribution in [-0.4, -0.2) is 30.0 Å². The Bertz CT molecular complexity index is 1350. The third-order valence-corrected chi connectivity index (χ3v) is 7.39. The SMILES string of the molecule is O=S(=O)(NCC(Oc1ccc2c(cnn2-c2cccc(F)c2)c1)c1ccccc1)C1CC1. The predicted molar refractivity (Wildman–Crippen MR) is 121 cm³/mol. The quantitative estimate of drug-likeness (QED) is 0.432. The Morgan fingerprint density at radius 1 is 1.06 bits per heavy atom. The minimum Gasteiger partial charge on any atom is -0.484 e. The lowest BCUT2D eigenvalue weighted by atomic mass is 10.1. The Morgan fingerprint density at radius 2 is 1.88 bits per heavy atom. The standard InChI is InChI=1S/C24H22FN3O3S/c25-19-7-4-8-20(14-19)28-23-12-9-21(13-18(23)15-26-28)31-24(17-5-2-1-3-6-17)16-27-32(29,30)22-10-11-22/h1-9,12-15,22,24,27H,10-11,16H2. The van der Waals surface area contributed by atoms with Crippen LogP contribution >= 0.6 is 0 Å². The second-order valence-electron chi connectivity index (χ2n) is 7.87. The van der Waals surface area contributed by atoms with Crippen molar-refractivity contribution in [1.29, 1.82) is 0 Å². The number of aromatic nitrogens is 2. The van der Waals surface area contributed by atoms with Crippen LogP contribution in [0.4, 0.5) is 4.39 Å². The lowest BCUT2D eigenvalue weighted by molar-refractivity contribution is 0.209. The first-order chi connectivity index (χ1) is 15.5.